The van der Waals surface area contributed by atoms with Crippen LogP contribution >= 0.6 is 0 Å². The van der Waals surface area contributed by atoms with Crippen molar-refractivity contribution in [2.45, 2.75) is 13.3 Å². The first-order chi connectivity index (χ1) is 11.5. The van der Waals surface area contributed by atoms with Crippen molar-refractivity contribution in [3.8, 4) is 17.2 Å². The van der Waals surface area contributed by atoms with Crippen LogP contribution in [-0.2, 0) is 11.2 Å². The number of amides is 1. The van der Waals surface area contributed by atoms with Gasteiger partial charge in [0.25, 0.3) is 0 Å². The van der Waals surface area contributed by atoms with Crippen LogP contribution in [0.2, 0.25) is 0 Å². The molecule has 0 saturated carbocycles. The van der Waals surface area contributed by atoms with E-state index < -0.39 is 0 Å². The van der Waals surface area contributed by atoms with Gasteiger partial charge in [-0.1, -0.05) is 12.1 Å². The number of nitrogens with one attached hydrogen (secondary N) is 1. The van der Waals surface area contributed by atoms with Gasteiger partial charge in [-0.25, -0.2) is 5.43 Å². The van der Waals surface area contributed by atoms with Gasteiger partial charge in [0.2, 0.25) is 5.91 Å². The summed E-state index contributed by atoms with van der Waals surface area (Å²) in [6.45, 7) is 1.76. The summed E-state index contributed by atoms with van der Waals surface area (Å²) in [4.78, 5) is 12.0. The van der Waals surface area contributed by atoms with E-state index in [0.717, 1.165) is 16.9 Å². The number of carbonyl (C=O) groups is 1. The minimum atomic E-state index is -0.217. The fourth-order valence-electron chi connectivity index (χ4n) is 2.08. The molecule has 2 N–H and O–H groups in total. The van der Waals surface area contributed by atoms with Crippen molar-refractivity contribution < 1.29 is 19.4 Å². The highest BCUT2D eigenvalue weighted by molar-refractivity contribution is 5.99. The van der Waals surface area contributed by atoms with Crippen molar-refractivity contribution in [2.75, 3.05) is 14.2 Å². The number of carbonyl (C=O) groups excluding carboxylic acids is 1. The first-order valence-corrected chi connectivity index (χ1v) is 7.37. The van der Waals surface area contributed by atoms with Gasteiger partial charge < -0.3 is 14.6 Å². The molecule has 2 rings (SSSR count). The minimum absolute atomic E-state index is 0.0533. The highest BCUT2D eigenvalue weighted by atomic mass is 16.5. The maximum absolute atomic E-state index is 12.0. The van der Waals surface area contributed by atoms with Gasteiger partial charge in [-0.3, -0.25) is 4.79 Å². The van der Waals surface area contributed by atoms with E-state index >= 15 is 0 Å². The van der Waals surface area contributed by atoms with Crippen LogP contribution in [0.15, 0.2) is 47.6 Å². The van der Waals surface area contributed by atoms with Crippen molar-refractivity contribution in [1.29, 1.82) is 0 Å². The zero-order chi connectivity index (χ0) is 17.5. The van der Waals surface area contributed by atoms with E-state index in [1.807, 2.05) is 12.1 Å². The highest BCUT2D eigenvalue weighted by Gasteiger charge is 2.06. The Morgan fingerprint density at radius 1 is 1.12 bits per heavy atom. The van der Waals surface area contributed by atoms with Crippen LogP contribution in [0.1, 0.15) is 18.1 Å². The fourth-order valence-corrected chi connectivity index (χ4v) is 2.08. The molecule has 0 heterocycles. The normalized spacial score (nSPS) is 11.0. The van der Waals surface area contributed by atoms with Gasteiger partial charge in [-0.2, -0.15) is 5.10 Å². The minimum Gasteiger partial charge on any atom is -0.504 e. The predicted octanol–water partition coefficient (Wildman–Crippen LogP) is 2.49. The Balaban J connectivity index is 1.99. The molecular formula is C18H20N2O4. The van der Waals surface area contributed by atoms with Gasteiger partial charge in [0.15, 0.2) is 11.5 Å². The summed E-state index contributed by atoms with van der Waals surface area (Å²) < 4.78 is 10.1. The number of rotatable bonds is 6. The van der Waals surface area contributed by atoms with Gasteiger partial charge in [0.1, 0.15) is 5.75 Å². The molecule has 0 aromatic heterocycles. The number of hydrogen-bond acceptors (Lipinski definition) is 5. The summed E-state index contributed by atoms with van der Waals surface area (Å²) in [5, 5.41) is 13.7. The lowest BCUT2D eigenvalue weighted by Gasteiger charge is -2.07. The van der Waals surface area contributed by atoms with Crippen LogP contribution in [0.25, 0.3) is 0 Å². The summed E-state index contributed by atoms with van der Waals surface area (Å²) in [6.07, 6.45) is 0.222. The van der Waals surface area contributed by atoms with Crippen molar-refractivity contribution in [2.24, 2.45) is 5.10 Å². The molecule has 0 saturated heterocycles. The first-order valence-electron chi connectivity index (χ1n) is 7.37. The molecule has 0 radical (unpaired) electrons. The molecule has 126 valence electrons. The summed E-state index contributed by atoms with van der Waals surface area (Å²) in [7, 11) is 3.07. The van der Waals surface area contributed by atoms with E-state index in [1.54, 1.807) is 38.3 Å². The molecule has 24 heavy (non-hydrogen) atoms. The second-order valence-electron chi connectivity index (χ2n) is 5.14. The number of hydrogen-bond donors (Lipinski definition) is 2. The number of benzene rings is 2. The van der Waals surface area contributed by atoms with E-state index in [2.05, 4.69) is 10.5 Å². The van der Waals surface area contributed by atoms with Crippen molar-refractivity contribution in [1.82, 2.24) is 5.43 Å². The molecule has 6 nitrogen and oxygen atoms in total. The molecule has 0 aliphatic carbocycles. The Bertz CT molecular complexity index is 739. The number of ether oxygens (including phenoxy) is 2. The smallest absolute Gasteiger partial charge is 0.244 e. The lowest BCUT2D eigenvalue weighted by atomic mass is 10.1. The largest absolute Gasteiger partial charge is 0.504 e. The fraction of sp³-hybridized carbons (Fsp3) is 0.222. The van der Waals surface area contributed by atoms with E-state index in [-0.39, 0.29) is 18.1 Å². The monoisotopic (exact) mass is 328 g/mol. The van der Waals surface area contributed by atoms with Gasteiger partial charge >= 0.3 is 0 Å². The summed E-state index contributed by atoms with van der Waals surface area (Å²) in [5.74, 6) is 0.934. The number of methoxy groups -OCH3 is 2. The molecule has 0 aliphatic rings. The Labute approximate surface area is 140 Å². The zero-order valence-electron chi connectivity index (χ0n) is 13.9. The van der Waals surface area contributed by atoms with E-state index in [9.17, 15) is 9.90 Å². The standard InChI is InChI=1S/C18H20N2O4/c1-12(14-6-9-16(21)17(11-14)24-3)19-20-18(22)10-13-4-7-15(23-2)8-5-13/h4-9,11,21H,10H2,1-3H3,(H,20,22). The van der Waals surface area contributed by atoms with Crippen LogP contribution < -0.4 is 14.9 Å². The molecule has 2 aromatic carbocycles. The Hall–Kier alpha value is -3.02. The molecule has 0 aliphatic heterocycles. The molecule has 0 spiro atoms. The zero-order valence-corrected chi connectivity index (χ0v) is 13.9. The van der Waals surface area contributed by atoms with Crippen LogP contribution in [0.3, 0.4) is 0 Å². The molecule has 2 aromatic rings. The van der Waals surface area contributed by atoms with E-state index in [4.69, 9.17) is 9.47 Å². The molecule has 0 unspecified atom stereocenters. The number of hydrazone groups is 1. The van der Waals surface area contributed by atoms with Crippen molar-refractivity contribution in [3.63, 3.8) is 0 Å². The molecule has 0 fully saturated rings. The first kappa shape index (κ1) is 17.3. The average Bonchev–Trinajstić information content (AvgIpc) is 2.60. The molecule has 1 amide bonds. The van der Waals surface area contributed by atoms with E-state index in [0.29, 0.717) is 11.5 Å². The number of phenolic OH excluding ortho intramolecular Hbond substituents is 1. The van der Waals surface area contributed by atoms with Crippen LogP contribution in [0.5, 0.6) is 17.2 Å². The lowest BCUT2D eigenvalue weighted by molar-refractivity contribution is -0.120. The van der Waals surface area contributed by atoms with Crippen LogP contribution in [0.4, 0.5) is 0 Å². The van der Waals surface area contributed by atoms with Crippen LogP contribution in [-0.4, -0.2) is 30.9 Å². The van der Waals surface area contributed by atoms with Crippen molar-refractivity contribution in [3.05, 3.63) is 53.6 Å². The second-order valence-corrected chi connectivity index (χ2v) is 5.14. The maximum Gasteiger partial charge on any atom is 0.244 e. The quantitative estimate of drug-likeness (QED) is 0.631. The molecule has 0 bridgehead atoms. The van der Waals surface area contributed by atoms with E-state index in [1.165, 1.54) is 13.2 Å². The molecular weight excluding hydrogens is 308 g/mol. The van der Waals surface area contributed by atoms with Gasteiger partial charge in [0.05, 0.1) is 26.4 Å². The van der Waals surface area contributed by atoms with Gasteiger partial charge in [-0.15, -0.1) is 0 Å². The Morgan fingerprint density at radius 3 is 2.46 bits per heavy atom. The summed E-state index contributed by atoms with van der Waals surface area (Å²) >= 11 is 0. The Kier molecular flexibility index (Phi) is 5.78. The highest BCUT2D eigenvalue weighted by Crippen LogP contribution is 2.26. The molecule has 6 heteroatoms. The summed E-state index contributed by atoms with van der Waals surface area (Å²) in [5.41, 5.74) is 4.75. The topological polar surface area (TPSA) is 80.2 Å². The summed E-state index contributed by atoms with van der Waals surface area (Å²) in [6, 6.07) is 12.2. The Morgan fingerprint density at radius 2 is 1.83 bits per heavy atom. The van der Waals surface area contributed by atoms with Crippen LogP contribution in [0, 0.1) is 0 Å². The number of nitrogens with zero attached hydrogens (tertiary/aromatic N) is 1. The predicted molar refractivity (Wildman–Crippen MR) is 91.7 cm³/mol. The molecule has 0 atom stereocenters. The van der Waals surface area contributed by atoms with Gasteiger partial charge in [0, 0.05) is 5.56 Å². The maximum atomic E-state index is 12.0. The average molecular weight is 328 g/mol. The number of aromatic hydroxyl groups is 1. The second kappa shape index (κ2) is 8.01. The third-order valence-electron chi connectivity index (χ3n) is 3.47. The lowest BCUT2D eigenvalue weighted by Crippen LogP contribution is -2.21. The SMILES string of the molecule is COc1ccc(CC(=O)NN=C(C)c2ccc(O)c(OC)c2)cc1. The number of phenols is 1. The van der Waals surface area contributed by atoms with Gasteiger partial charge in [-0.05, 0) is 42.8 Å². The van der Waals surface area contributed by atoms with Crippen molar-refractivity contribution >= 4 is 11.6 Å². The third-order valence-corrected chi connectivity index (χ3v) is 3.47. The third kappa shape index (κ3) is 4.49.